The Kier molecular flexibility index (Phi) is 3.33. The summed E-state index contributed by atoms with van der Waals surface area (Å²) in [5.41, 5.74) is -1.60. The predicted molar refractivity (Wildman–Crippen MR) is 48.6 cm³/mol. The van der Waals surface area contributed by atoms with Gasteiger partial charge in [-0.15, -0.1) is 0 Å². The number of aromatic nitrogens is 1. The van der Waals surface area contributed by atoms with Crippen molar-refractivity contribution in [2.75, 3.05) is 0 Å². The highest BCUT2D eigenvalue weighted by Gasteiger charge is 2.27. The van der Waals surface area contributed by atoms with Crippen LogP contribution in [0.5, 0.6) is 0 Å². The molecule has 0 amide bonds. The van der Waals surface area contributed by atoms with Gasteiger partial charge in [0.2, 0.25) is 0 Å². The summed E-state index contributed by atoms with van der Waals surface area (Å²) in [6, 6.07) is 0. The minimum absolute atomic E-state index is 0.0322. The molecule has 0 N–H and O–H groups in total. The first kappa shape index (κ1) is 11.3. The SMILES string of the molecule is O=[N+]([O-])c1c(C(F)F)cnc(Br)c1Cl. The van der Waals surface area contributed by atoms with Crippen molar-refractivity contribution in [1.82, 2.24) is 4.98 Å². The van der Waals surface area contributed by atoms with Crippen molar-refractivity contribution in [2.45, 2.75) is 6.43 Å². The maximum absolute atomic E-state index is 12.3. The molecule has 0 aliphatic rings. The fraction of sp³-hybridized carbons (Fsp3) is 0.167. The molecule has 0 spiro atoms. The van der Waals surface area contributed by atoms with Crippen LogP contribution in [0, 0.1) is 10.1 Å². The maximum Gasteiger partial charge on any atom is 0.301 e. The summed E-state index contributed by atoms with van der Waals surface area (Å²) in [5.74, 6) is 0. The van der Waals surface area contributed by atoms with E-state index in [4.69, 9.17) is 11.6 Å². The van der Waals surface area contributed by atoms with Crippen LogP contribution >= 0.6 is 27.5 Å². The van der Waals surface area contributed by atoms with Gasteiger partial charge in [0.25, 0.3) is 6.43 Å². The zero-order valence-electron chi connectivity index (χ0n) is 6.38. The predicted octanol–water partition coefficient (Wildman–Crippen LogP) is 3.34. The molecule has 14 heavy (non-hydrogen) atoms. The second-order valence-corrected chi connectivity index (χ2v) is 3.35. The van der Waals surface area contributed by atoms with Gasteiger partial charge in [-0.05, 0) is 15.9 Å². The van der Waals surface area contributed by atoms with Crippen LogP contribution in [0.2, 0.25) is 5.02 Å². The highest BCUT2D eigenvalue weighted by molar-refractivity contribution is 9.10. The Hall–Kier alpha value is -0.820. The van der Waals surface area contributed by atoms with E-state index < -0.39 is 27.6 Å². The topological polar surface area (TPSA) is 56.0 Å². The van der Waals surface area contributed by atoms with Crippen molar-refractivity contribution in [2.24, 2.45) is 0 Å². The van der Waals surface area contributed by atoms with Crippen LogP contribution in [0.15, 0.2) is 10.8 Å². The Balaban J connectivity index is 3.45. The number of halogens is 4. The Morgan fingerprint density at radius 3 is 2.64 bits per heavy atom. The molecule has 76 valence electrons. The van der Waals surface area contributed by atoms with Crippen LogP contribution in [0.1, 0.15) is 12.0 Å². The van der Waals surface area contributed by atoms with Crippen LogP contribution in [0.4, 0.5) is 14.5 Å². The molecule has 1 aromatic rings. The van der Waals surface area contributed by atoms with Crippen molar-refractivity contribution in [3.05, 3.63) is 31.5 Å². The number of hydrogen-bond acceptors (Lipinski definition) is 3. The Morgan fingerprint density at radius 1 is 1.64 bits per heavy atom. The number of nitrogens with zero attached hydrogens (tertiary/aromatic N) is 2. The molecule has 0 atom stereocenters. The fourth-order valence-corrected chi connectivity index (χ4v) is 1.33. The number of pyridine rings is 1. The molecule has 0 unspecified atom stereocenters. The molecule has 0 saturated heterocycles. The molecule has 0 aliphatic heterocycles. The molecule has 1 heterocycles. The molecule has 1 rings (SSSR count). The van der Waals surface area contributed by atoms with Crippen LogP contribution in [-0.4, -0.2) is 9.91 Å². The summed E-state index contributed by atoms with van der Waals surface area (Å²) in [5, 5.41) is 10.0. The molecule has 0 aliphatic carbocycles. The second kappa shape index (κ2) is 4.14. The fourth-order valence-electron chi connectivity index (χ4n) is 0.814. The van der Waals surface area contributed by atoms with Crippen LogP contribution in [-0.2, 0) is 0 Å². The van der Waals surface area contributed by atoms with Gasteiger partial charge < -0.3 is 0 Å². The molecule has 1 aromatic heterocycles. The molecule has 0 aromatic carbocycles. The van der Waals surface area contributed by atoms with Gasteiger partial charge in [-0.2, -0.15) is 0 Å². The summed E-state index contributed by atoms with van der Waals surface area (Å²) < 4.78 is 24.5. The summed E-state index contributed by atoms with van der Waals surface area (Å²) in [4.78, 5) is 12.9. The lowest BCUT2D eigenvalue weighted by atomic mass is 10.2. The second-order valence-electron chi connectivity index (χ2n) is 2.22. The Labute approximate surface area is 90.2 Å². The lowest BCUT2D eigenvalue weighted by Crippen LogP contribution is -1.99. The lowest BCUT2D eigenvalue weighted by Gasteiger charge is -2.03. The first-order valence-corrected chi connectivity index (χ1v) is 4.38. The highest BCUT2D eigenvalue weighted by atomic mass is 79.9. The van der Waals surface area contributed by atoms with Gasteiger partial charge in [-0.3, -0.25) is 10.1 Å². The van der Waals surface area contributed by atoms with Gasteiger partial charge in [0, 0.05) is 6.20 Å². The Bertz CT molecular complexity index is 388. The van der Waals surface area contributed by atoms with Crippen LogP contribution < -0.4 is 0 Å². The van der Waals surface area contributed by atoms with Gasteiger partial charge in [-0.1, -0.05) is 11.6 Å². The minimum atomic E-state index is -2.98. The smallest absolute Gasteiger partial charge is 0.258 e. The number of nitro groups is 1. The molecular weight excluding hydrogens is 285 g/mol. The third kappa shape index (κ3) is 1.98. The van der Waals surface area contributed by atoms with E-state index in [0.717, 1.165) is 6.20 Å². The number of hydrogen-bond donors (Lipinski definition) is 0. The third-order valence-electron chi connectivity index (χ3n) is 1.40. The normalized spacial score (nSPS) is 10.6. The van der Waals surface area contributed by atoms with Gasteiger partial charge in [0.15, 0.2) is 5.02 Å². The molecular formula is C6H2BrClF2N2O2. The van der Waals surface area contributed by atoms with E-state index in [0.29, 0.717) is 0 Å². The molecule has 0 radical (unpaired) electrons. The Morgan fingerprint density at radius 2 is 2.21 bits per heavy atom. The quantitative estimate of drug-likeness (QED) is 0.476. The van der Waals surface area contributed by atoms with E-state index in [9.17, 15) is 18.9 Å². The van der Waals surface area contributed by atoms with Crippen molar-refractivity contribution in [3.8, 4) is 0 Å². The van der Waals surface area contributed by atoms with Crippen LogP contribution in [0.25, 0.3) is 0 Å². The summed E-state index contributed by atoms with van der Waals surface area (Å²) in [7, 11) is 0. The first-order valence-electron chi connectivity index (χ1n) is 3.21. The third-order valence-corrected chi connectivity index (χ3v) is 2.58. The van der Waals surface area contributed by atoms with Crippen molar-refractivity contribution in [3.63, 3.8) is 0 Å². The van der Waals surface area contributed by atoms with E-state index in [2.05, 4.69) is 20.9 Å². The average molecular weight is 287 g/mol. The summed E-state index contributed by atoms with van der Waals surface area (Å²) >= 11 is 8.26. The zero-order chi connectivity index (χ0) is 10.9. The molecule has 0 saturated carbocycles. The first-order chi connectivity index (χ1) is 6.45. The summed E-state index contributed by atoms with van der Waals surface area (Å²) in [6.07, 6.45) is -2.26. The standard InChI is InChI=1S/C6H2BrClF2N2O2/c7-5-3(8)4(12(13)14)2(1-11-5)6(9)10/h1,6H. The van der Waals surface area contributed by atoms with Crippen molar-refractivity contribution >= 4 is 33.2 Å². The lowest BCUT2D eigenvalue weighted by molar-refractivity contribution is -0.386. The number of rotatable bonds is 2. The van der Waals surface area contributed by atoms with Gasteiger partial charge in [0.1, 0.15) is 10.2 Å². The molecule has 0 fully saturated rings. The summed E-state index contributed by atoms with van der Waals surface area (Å²) in [6.45, 7) is 0. The minimum Gasteiger partial charge on any atom is -0.258 e. The van der Waals surface area contributed by atoms with Gasteiger partial charge in [0.05, 0.1) is 4.92 Å². The van der Waals surface area contributed by atoms with E-state index in [-0.39, 0.29) is 4.60 Å². The number of alkyl halides is 2. The van der Waals surface area contributed by atoms with E-state index in [1.807, 2.05) is 0 Å². The molecule has 4 nitrogen and oxygen atoms in total. The largest absolute Gasteiger partial charge is 0.301 e. The van der Waals surface area contributed by atoms with E-state index in [1.165, 1.54) is 0 Å². The average Bonchev–Trinajstić information content (AvgIpc) is 2.08. The van der Waals surface area contributed by atoms with Crippen LogP contribution in [0.3, 0.4) is 0 Å². The monoisotopic (exact) mass is 286 g/mol. The van der Waals surface area contributed by atoms with E-state index in [1.54, 1.807) is 0 Å². The zero-order valence-corrected chi connectivity index (χ0v) is 8.72. The maximum atomic E-state index is 12.3. The highest BCUT2D eigenvalue weighted by Crippen LogP contribution is 2.37. The van der Waals surface area contributed by atoms with E-state index >= 15 is 0 Å². The molecule has 8 heteroatoms. The molecule has 0 bridgehead atoms. The van der Waals surface area contributed by atoms with Crippen molar-refractivity contribution in [1.29, 1.82) is 0 Å². The van der Waals surface area contributed by atoms with Gasteiger partial charge in [-0.25, -0.2) is 13.8 Å². The van der Waals surface area contributed by atoms with Gasteiger partial charge >= 0.3 is 5.69 Å². The van der Waals surface area contributed by atoms with Crippen molar-refractivity contribution < 1.29 is 13.7 Å².